The second-order valence-corrected chi connectivity index (χ2v) is 5.89. The van der Waals surface area contributed by atoms with Crippen LogP contribution in [0, 0.1) is 18.3 Å². The second kappa shape index (κ2) is 8.34. The van der Waals surface area contributed by atoms with Crippen LogP contribution >= 0.6 is 11.8 Å². The molecule has 0 N–H and O–H groups in total. The Morgan fingerprint density at radius 3 is 2.48 bits per heavy atom. The van der Waals surface area contributed by atoms with E-state index in [0.29, 0.717) is 6.42 Å². The lowest BCUT2D eigenvalue weighted by Crippen LogP contribution is -1.84. The van der Waals surface area contributed by atoms with Gasteiger partial charge in [0.25, 0.3) is 0 Å². The minimum absolute atomic E-state index is 0.610. The predicted octanol–water partition coefficient (Wildman–Crippen LogP) is 5.82. The van der Waals surface area contributed by atoms with E-state index in [9.17, 15) is 0 Å². The van der Waals surface area contributed by atoms with Crippen LogP contribution in [-0.2, 0) is 0 Å². The highest BCUT2D eigenvalue weighted by Gasteiger charge is 2.02. The summed E-state index contributed by atoms with van der Waals surface area (Å²) in [5.74, 6) is 0. The maximum atomic E-state index is 8.71. The van der Waals surface area contributed by atoms with Crippen LogP contribution in [0.4, 0.5) is 0 Å². The van der Waals surface area contributed by atoms with Gasteiger partial charge in [-0.1, -0.05) is 59.8 Å². The van der Waals surface area contributed by atoms with Gasteiger partial charge in [-0.2, -0.15) is 5.26 Å². The Hall–Kier alpha value is -1.98. The Balaban J connectivity index is 2.12. The lowest BCUT2D eigenvalue weighted by molar-refractivity contribution is 0.889. The number of nitrogens with zero attached hydrogens (tertiary/aromatic N) is 1. The van der Waals surface area contributed by atoms with E-state index in [1.165, 1.54) is 21.6 Å². The van der Waals surface area contributed by atoms with Crippen LogP contribution < -0.4 is 0 Å². The Labute approximate surface area is 131 Å². The molecule has 0 saturated carbocycles. The summed E-state index contributed by atoms with van der Waals surface area (Å²) in [5.41, 5.74) is 3.83. The summed E-state index contributed by atoms with van der Waals surface area (Å²) in [6.45, 7) is 2.10. The molecule has 0 amide bonds. The fourth-order valence-corrected chi connectivity index (χ4v) is 2.86. The largest absolute Gasteiger partial charge is 0.198 e. The van der Waals surface area contributed by atoms with Crippen molar-refractivity contribution >= 4 is 17.3 Å². The van der Waals surface area contributed by atoms with E-state index in [2.05, 4.69) is 66.9 Å². The maximum Gasteiger partial charge on any atom is 0.0621 e. The van der Waals surface area contributed by atoms with Gasteiger partial charge >= 0.3 is 0 Å². The second-order valence-electron chi connectivity index (χ2n) is 4.95. The summed E-state index contributed by atoms with van der Waals surface area (Å²) >= 11 is 1.75. The fraction of sp³-hybridized carbons (Fsp3) is 0.211. The average molecular weight is 293 g/mol. The molecule has 0 aliphatic rings. The van der Waals surface area contributed by atoms with Crippen LogP contribution in [0.2, 0.25) is 0 Å². The van der Waals surface area contributed by atoms with E-state index >= 15 is 0 Å². The van der Waals surface area contributed by atoms with Gasteiger partial charge in [-0.25, -0.2) is 0 Å². The van der Waals surface area contributed by atoms with Gasteiger partial charge in [-0.3, -0.25) is 0 Å². The normalized spacial score (nSPS) is 11.1. The molecular weight excluding hydrogens is 274 g/mol. The molecule has 0 aromatic heterocycles. The number of aryl methyl sites for hydroxylation is 1. The zero-order valence-corrected chi connectivity index (χ0v) is 13.1. The number of hydrogen-bond acceptors (Lipinski definition) is 2. The first-order valence-corrected chi connectivity index (χ1v) is 8.02. The van der Waals surface area contributed by atoms with Gasteiger partial charge in [0.1, 0.15) is 0 Å². The Morgan fingerprint density at radius 1 is 1.10 bits per heavy atom. The lowest BCUT2D eigenvalue weighted by Gasteiger charge is -2.07. The van der Waals surface area contributed by atoms with Crippen molar-refractivity contribution in [3.8, 4) is 6.07 Å². The summed E-state index contributed by atoms with van der Waals surface area (Å²) in [6, 6.07) is 21.2. The van der Waals surface area contributed by atoms with E-state index in [0.717, 1.165) is 12.8 Å². The third kappa shape index (κ3) is 5.13. The maximum absolute atomic E-state index is 8.71. The van der Waals surface area contributed by atoms with Crippen LogP contribution in [-0.4, -0.2) is 0 Å². The minimum Gasteiger partial charge on any atom is -0.198 e. The van der Waals surface area contributed by atoms with Crippen molar-refractivity contribution in [2.75, 3.05) is 0 Å². The number of rotatable bonds is 6. The molecule has 0 bridgehead atoms. The number of benzene rings is 2. The Kier molecular flexibility index (Phi) is 6.12. The summed E-state index contributed by atoms with van der Waals surface area (Å²) in [6.07, 6.45) is 2.46. The zero-order chi connectivity index (χ0) is 14.9. The molecule has 0 unspecified atom stereocenters. The first kappa shape index (κ1) is 15.4. The van der Waals surface area contributed by atoms with Crippen LogP contribution in [0.25, 0.3) is 5.57 Å². The molecule has 0 atom stereocenters. The van der Waals surface area contributed by atoms with Crippen molar-refractivity contribution < 1.29 is 0 Å². The predicted molar refractivity (Wildman–Crippen MR) is 90.9 cm³/mol. The molecule has 1 nitrogen and oxygen atoms in total. The van der Waals surface area contributed by atoms with Gasteiger partial charge in [0, 0.05) is 11.3 Å². The van der Waals surface area contributed by atoms with Crippen molar-refractivity contribution in [3.05, 3.63) is 71.1 Å². The molecule has 0 saturated heterocycles. The molecule has 0 aliphatic heterocycles. The zero-order valence-electron chi connectivity index (χ0n) is 12.3. The summed E-state index contributed by atoms with van der Waals surface area (Å²) in [5, 5.41) is 10.9. The van der Waals surface area contributed by atoms with Gasteiger partial charge in [-0.05, 0) is 48.4 Å². The van der Waals surface area contributed by atoms with Crippen molar-refractivity contribution in [1.29, 1.82) is 5.26 Å². The summed E-state index contributed by atoms with van der Waals surface area (Å²) < 4.78 is 0. The van der Waals surface area contributed by atoms with Crippen molar-refractivity contribution in [1.82, 2.24) is 0 Å². The van der Waals surface area contributed by atoms with Gasteiger partial charge in [0.15, 0.2) is 0 Å². The molecule has 0 spiro atoms. The van der Waals surface area contributed by atoms with Crippen molar-refractivity contribution in [2.24, 2.45) is 0 Å². The highest BCUT2D eigenvalue weighted by molar-refractivity contribution is 8.02. The highest BCUT2D eigenvalue weighted by Crippen LogP contribution is 2.28. The van der Waals surface area contributed by atoms with Crippen molar-refractivity contribution in [3.63, 3.8) is 0 Å². The Bertz CT molecular complexity index is 621. The standard InChI is InChI=1S/C19H19NS/c1-16-10-12-19(13-11-16)21-15-18(9-5-6-14-20)17-7-3-2-4-8-17/h2-4,7-8,10-13,15H,5-6,9H2,1H3. The summed E-state index contributed by atoms with van der Waals surface area (Å²) in [4.78, 5) is 1.24. The molecule has 106 valence electrons. The van der Waals surface area contributed by atoms with Crippen molar-refractivity contribution in [2.45, 2.75) is 31.1 Å². The average Bonchev–Trinajstić information content (AvgIpc) is 2.53. The van der Waals surface area contributed by atoms with E-state index in [-0.39, 0.29) is 0 Å². The van der Waals surface area contributed by atoms with E-state index < -0.39 is 0 Å². The third-order valence-corrected chi connectivity index (χ3v) is 4.18. The summed E-state index contributed by atoms with van der Waals surface area (Å²) in [7, 11) is 0. The van der Waals surface area contributed by atoms with Gasteiger partial charge < -0.3 is 0 Å². The fourth-order valence-electron chi connectivity index (χ4n) is 2.04. The molecule has 0 fully saturated rings. The number of allylic oxidation sites excluding steroid dienone is 1. The number of thioether (sulfide) groups is 1. The van der Waals surface area contributed by atoms with E-state index in [1.807, 2.05) is 6.07 Å². The van der Waals surface area contributed by atoms with E-state index in [1.54, 1.807) is 11.8 Å². The van der Waals surface area contributed by atoms with Crippen LogP contribution in [0.5, 0.6) is 0 Å². The molecular formula is C19H19NS. The number of hydrogen-bond donors (Lipinski definition) is 0. The molecule has 0 radical (unpaired) electrons. The SMILES string of the molecule is Cc1ccc(SC=C(CCCC#N)c2ccccc2)cc1. The van der Waals surface area contributed by atoms with Crippen LogP contribution in [0.15, 0.2) is 64.9 Å². The lowest BCUT2D eigenvalue weighted by atomic mass is 10.0. The highest BCUT2D eigenvalue weighted by atomic mass is 32.2. The monoisotopic (exact) mass is 293 g/mol. The minimum atomic E-state index is 0.610. The smallest absolute Gasteiger partial charge is 0.0621 e. The van der Waals surface area contributed by atoms with Gasteiger partial charge in [0.05, 0.1) is 6.07 Å². The first-order valence-electron chi connectivity index (χ1n) is 7.14. The number of unbranched alkanes of at least 4 members (excludes halogenated alkanes) is 1. The molecule has 21 heavy (non-hydrogen) atoms. The molecule has 2 heteroatoms. The van der Waals surface area contributed by atoms with Crippen LogP contribution in [0.3, 0.4) is 0 Å². The third-order valence-electron chi connectivity index (χ3n) is 3.24. The molecule has 0 heterocycles. The topological polar surface area (TPSA) is 23.8 Å². The van der Waals surface area contributed by atoms with Crippen LogP contribution in [0.1, 0.15) is 30.4 Å². The first-order chi connectivity index (χ1) is 10.3. The molecule has 2 aromatic carbocycles. The Morgan fingerprint density at radius 2 is 1.81 bits per heavy atom. The quantitative estimate of drug-likeness (QED) is 0.495. The van der Waals surface area contributed by atoms with Gasteiger partial charge in [0.2, 0.25) is 0 Å². The molecule has 0 aliphatic carbocycles. The van der Waals surface area contributed by atoms with Gasteiger partial charge in [-0.15, -0.1) is 0 Å². The molecule has 2 rings (SSSR count). The molecule has 2 aromatic rings. The number of nitriles is 1. The van der Waals surface area contributed by atoms with E-state index in [4.69, 9.17) is 5.26 Å².